The van der Waals surface area contributed by atoms with E-state index >= 15 is 0 Å². The van der Waals surface area contributed by atoms with Crippen LogP contribution in [0.2, 0.25) is 5.02 Å². The number of hydrogen-bond acceptors (Lipinski definition) is 5. The topological polar surface area (TPSA) is 103 Å². The van der Waals surface area contributed by atoms with E-state index < -0.39 is 5.91 Å². The van der Waals surface area contributed by atoms with E-state index in [1.807, 2.05) is 28.8 Å². The Morgan fingerprint density at radius 3 is 2.17 bits per heavy atom. The smallest absolute Gasteiger partial charge is 0.248 e. The first kappa shape index (κ1) is 25.5. The molecule has 1 aromatic heterocycles. The van der Waals surface area contributed by atoms with Gasteiger partial charge in [-0.05, 0) is 59.5 Å². The number of benzene rings is 3. The maximum atomic E-state index is 12.6. The predicted octanol–water partition coefficient (Wildman–Crippen LogP) is 5.71. The molecule has 3 aromatic carbocycles. The number of carbonyl (C=O) groups excluding carboxylic acids is 2. The Morgan fingerprint density at radius 2 is 1.58 bits per heavy atom. The summed E-state index contributed by atoms with van der Waals surface area (Å²) in [4.78, 5) is 23.8. The summed E-state index contributed by atoms with van der Waals surface area (Å²) in [5.41, 5.74) is 9.23. The zero-order valence-corrected chi connectivity index (χ0v) is 21.7. The van der Waals surface area contributed by atoms with Gasteiger partial charge in [0, 0.05) is 27.5 Å². The van der Waals surface area contributed by atoms with E-state index in [-0.39, 0.29) is 17.1 Å². The molecular formula is C27H26ClN5O2S. The third-order valence-electron chi connectivity index (χ3n) is 5.51. The fourth-order valence-corrected chi connectivity index (χ4v) is 4.42. The lowest BCUT2D eigenvalue weighted by Crippen LogP contribution is -2.15. The lowest BCUT2D eigenvalue weighted by atomic mass is 9.87. The van der Waals surface area contributed by atoms with Gasteiger partial charge in [-0.2, -0.15) is 0 Å². The highest BCUT2D eigenvalue weighted by atomic mass is 35.5. The van der Waals surface area contributed by atoms with Crippen molar-refractivity contribution in [2.24, 2.45) is 5.73 Å². The van der Waals surface area contributed by atoms with E-state index in [4.69, 9.17) is 17.3 Å². The van der Waals surface area contributed by atoms with Gasteiger partial charge in [0.25, 0.3) is 0 Å². The first-order valence-corrected chi connectivity index (χ1v) is 12.6. The predicted molar refractivity (Wildman–Crippen MR) is 145 cm³/mol. The number of hydrogen-bond donors (Lipinski definition) is 2. The Hall–Kier alpha value is -3.62. The number of anilines is 1. The van der Waals surface area contributed by atoms with Gasteiger partial charge in [0.05, 0.1) is 5.75 Å². The number of amides is 2. The Bertz CT molecular complexity index is 1380. The van der Waals surface area contributed by atoms with Gasteiger partial charge < -0.3 is 11.1 Å². The van der Waals surface area contributed by atoms with Crippen LogP contribution in [0.25, 0.3) is 17.1 Å². The van der Waals surface area contributed by atoms with Crippen LogP contribution in [0.3, 0.4) is 0 Å². The van der Waals surface area contributed by atoms with E-state index in [0.717, 1.165) is 11.3 Å². The SMILES string of the molecule is CC(C)(C)c1ccc(-c2nnc(SCC(=O)Nc3ccc(C(N)=O)cc3)n2-c2ccc(Cl)cc2)cc1. The van der Waals surface area contributed by atoms with E-state index in [2.05, 4.69) is 48.4 Å². The second kappa shape index (κ2) is 10.6. The fourth-order valence-electron chi connectivity index (χ4n) is 3.54. The molecule has 2 amide bonds. The van der Waals surface area contributed by atoms with Crippen LogP contribution in [0.5, 0.6) is 0 Å². The molecule has 0 aliphatic carbocycles. The van der Waals surface area contributed by atoms with E-state index in [0.29, 0.717) is 27.3 Å². The Kier molecular flexibility index (Phi) is 7.47. The lowest BCUT2D eigenvalue weighted by Gasteiger charge is -2.19. The number of halogens is 1. The minimum Gasteiger partial charge on any atom is -0.366 e. The Labute approximate surface area is 219 Å². The highest BCUT2D eigenvalue weighted by molar-refractivity contribution is 7.99. The average molecular weight is 520 g/mol. The maximum absolute atomic E-state index is 12.6. The Balaban J connectivity index is 1.57. The third kappa shape index (κ3) is 5.95. The highest BCUT2D eigenvalue weighted by Crippen LogP contribution is 2.30. The Morgan fingerprint density at radius 1 is 0.944 bits per heavy atom. The van der Waals surface area contributed by atoms with Gasteiger partial charge in [0.15, 0.2) is 11.0 Å². The molecule has 0 atom stereocenters. The highest BCUT2D eigenvalue weighted by Gasteiger charge is 2.19. The van der Waals surface area contributed by atoms with Crippen LogP contribution in [0.4, 0.5) is 5.69 Å². The van der Waals surface area contributed by atoms with Crippen molar-refractivity contribution in [2.75, 3.05) is 11.1 Å². The zero-order chi connectivity index (χ0) is 25.9. The first-order chi connectivity index (χ1) is 17.1. The minimum atomic E-state index is -0.520. The van der Waals surface area contributed by atoms with Crippen LogP contribution >= 0.6 is 23.4 Å². The maximum Gasteiger partial charge on any atom is 0.248 e. The van der Waals surface area contributed by atoms with Crippen LogP contribution < -0.4 is 11.1 Å². The molecular weight excluding hydrogens is 494 g/mol. The monoisotopic (exact) mass is 519 g/mol. The van der Waals surface area contributed by atoms with Crippen LogP contribution in [-0.4, -0.2) is 32.3 Å². The summed E-state index contributed by atoms with van der Waals surface area (Å²) in [7, 11) is 0. The molecule has 0 aliphatic rings. The molecule has 0 radical (unpaired) electrons. The fraction of sp³-hybridized carbons (Fsp3) is 0.185. The van der Waals surface area contributed by atoms with E-state index in [1.54, 1.807) is 36.4 Å². The van der Waals surface area contributed by atoms with Crippen molar-refractivity contribution in [2.45, 2.75) is 31.3 Å². The molecule has 1 heterocycles. The van der Waals surface area contributed by atoms with Crippen molar-refractivity contribution in [3.05, 3.63) is 88.9 Å². The minimum absolute atomic E-state index is 0.0386. The van der Waals surface area contributed by atoms with Gasteiger partial charge in [-0.3, -0.25) is 14.2 Å². The molecule has 7 nitrogen and oxygen atoms in total. The number of carbonyl (C=O) groups is 2. The second-order valence-electron chi connectivity index (χ2n) is 9.22. The molecule has 4 aromatic rings. The molecule has 0 saturated heterocycles. The van der Waals surface area contributed by atoms with Crippen molar-refractivity contribution >= 4 is 40.9 Å². The van der Waals surface area contributed by atoms with E-state index in [9.17, 15) is 9.59 Å². The number of nitrogens with one attached hydrogen (secondary N) is 1. The number of thioether (sulfide) groups is 1. The molecule has 4 rings (SSSR count). The van der Waals surface area contributed by atoms with Crippen molar-refractivity contribution in [3.63, 3.8) is 0 Å². The van der Waals surface area contributed by atoms with Crippen LogP contribution in [-0.2, 0) is 10.2 Å². The van der Waals surface area contributed by atoms with Crippen LogP contribution in [0.15, 0.2) is 78.0 Å². The quantitative estimate of drug-likeness (QED) is 0.304. The van der Waals surface area contributed by atoms with Gasteiger partial charge in [0.2, 0.25) is 11.8 Å². The van der Waals surface area contributed by atoms with Crippen molar-refractivity contribution in [3.8, 4) is 17.1 Å². The molecule has 0 unspecified atom stereocenters. The standard InChI is InChI=1S/C27H26ClN5O2S/c1-27(2,3)19-8-4-18(5-9-19)25-31-32-26(33(25)22-14-10-20(28)11-15-22)36-16-23(34)30-21-12-6-17(7-13-21)24(29)35/h4-15H,16H2,1-3H3,(H2,29,35)(H,30,34). The number of primary amides is 1. The second-order valence-corrected chi connectivity index (χ2v) is 10.6. The van der Waals surface area contributed by atoms with Gasteiger partial charge in [0.1, 0.15) is 0 Å². The van der Waals surface area contributed by atoms with Crippen molar-refractivity contribution in [1.29, 1.82) is 0 Å². The molecule has 184 valence electrons. The van der Waals surface area contributed by atoms with Gasteiger partial charge in [-0.15, -0.1) is 10.2 Å². The molecule has 0 spiro atoms. The molecule has 36 heavy (non-hydrogen) atoms. The molecule has 0 fully saturated rings. The summed E-state index contributed by atoms with van der Waals surface area (Å²) in [6, 6.07) is 22.1. The molecule has 0 bridgehead atoms. The van der Waals surface area contributed by atoms with Gasteiger partial charge in [-0.1, -0.05) is 68.4 Å². The summed E-state index contributed by atoms with van der Waals surface area (Å²) in [6.07, 6.45) is 0. The third-order valence-corrected chi connectivity index (χ3v) is 6.69. The summed E-state index contributed by atoms with van der Waals surface area (Å²) >= 11 is 7.39. The number of rotatable bonds is 7. The normalized spacial score (nSPS) is 11.3. The summed E-state index contributed by atoms with van der Waals surface area (Å²) in [5.74, 6) is 0.0526. The summed E-state index contributed by atoms with van der Waals surface area (Å²) in [6.45, 7) is 6.51. The molecule has 9 heteroatoms. The number of nitrogens with two attached hydrogens (primary N) is 1. The first-order valence-electron chi connectivity index (χ1n) is 11.3. The van der Waals surface area contributed by atoms with Crippen LogP contribution in [0.1, 0.15) is 36.7 Å². The average Bonchev–Trinajstić information content (AvgIpc) is 3.27. The summed E-state index contributed by atoms with van der Waals surface area (Å²) in [5, 5.41) is 12.8. The van der Waals surface area contributed by atoms with Crippen LogP contribution in [0, 0.1) is 0 Å². The number of aromatic nitrogens is 3. The van der Waals surface area contributed by atoms with Crippen molar-refractivity contribution in [1.82, 2.24) is 14.8 Å². The molecule has 0 saturated carbocycles. The summed E-state index contributed by atoms with van der Waals surface area (Å²) < 4.78 is 1.92. The van der Waals surface area contributed by atoms with Crippen molar-refractivity contribution < 1.29 is 9.59 Å². The number of nitrogens with zero attached hydrogens (tertiary/aromatic N) is 3. The molecule has 3 N–H and O–H groups in total. The van der Waals surface area contributed by atoms with E-state index in [1.165, 1.54) is 17.3 Å². The van der Waals surface area contributed by atoms with Gasteiger partial charge in [-0.25, -0.2) is 0 Å². The lowest BCUT2D eigenvalue weighted by molar-refractivity contribution is -0.113. The largest absolute Gasteiger partial charge is 0.366 e. The molecule has 0 aliphatic heterocycles. The zero-order valence-electron chi connectivity index (χ0n) is 20.2. The van der Waals surface area contributed by atoms with Gasteiger partial charge >= 0.3 is 0 Å².